The van der Waals surface area contributed by atoms with Crippen molar-refractivity contribution < 1.29 is 14.7 Å². The van der Waals surface area contributed by atoms with Crippen LogP contribution < -0.4 is 5.32 Å². The molecule has 1 aromatic carbocycles. The van der Waals surface area contributed by atoms with Gasteiger partial charge in [-0.3, -0.25) is 9.48 Å². The monoisotopic (exact) mass is 327 g/mol. The second kappa shape index (κ2) is 6.86. The lowest BCUT2D eigenvalue weighted by molar-refractivity contribution is -0.142. The highest BCUT2D eigenvalue weighted by Crippen LogP contribution is 2.33. The molecule has 0 fully saturated rings. The molecule has 0 spiro atoms. The van der Waals surface area contributed by atoms with Crippen LogP contribution >= 0.6 is 0 Å². The Morgan fingerprint density at radius 2 is 2.17 bits per heavy atom. The Hall–Kier alpha value is -2.63. The molecule has 3 rings (SSSR count). The quantitative estimate of drug-likeness (QED) is 0.881. The van der Waals surface area contributed by atoms with Crippen molar-refractivity contribution in [3.63, 3.8) is 0 Å². The third-order valence-corrected chi connectivity index (χ3v) is 4.63. The van der Waals surface area contributed by atoms with Crippen molar-refractivity contribution in [2.75, 3.05) is 0 Å². The number of nitrogens with zero attached hydrogens (tertiary/aromatic N) is 2. The summed E-state index contributed by atoms with van der Waals surface area (Å²) < 4.78 is 1.47. The minimum absolute atomic E-state index is 0.149. The standard InChI is InChI=1S/C18H21N3O3/c1-21-15(9-10-19-21)17(18(23)24)20-16(22)11-13-7-4-6-12-5-2-3-8-14(12)13/h2-3,5,8-10,13,17H,4,6-7,11H2,1H3,(H,20,22)(H,23,24). The molecule has 24 heavy (non-hydrogen) atoms. The second-order valence-corrected chi connectivity index (χ2v) is 6.21. The van der Waals surface area contributed by atoms with Gasteiger partial charge in [0.05, 0.1) is 5.69 Å². The van der Waals surface area contributed by atoms with Gasteiger partial charge in [0.2, 0.25) is 5.91 Å². The maximum atomic E-state index is 12.4. The van der Waals surface area contributed by atoms with Crippen LogP contribution in [-0.4, -0.2) is 26.8 Å². The van der Waals surface area contributed by atoms with Crippen LogP contribution in [0.25, 0.3) is 0 Å². The maximum Gasteiger partial charge on any atom is 0.332 e. The van der Waals surface area contributed by atoms with Gasteiger partial charge < -0.3 is 10.4 Å². The number of hydrogen-bond acceptors (Lipinski definition) is 3. The molecule has 1 aliphatic carbocycles. The lowest BCUT2D eigenvalue weighted by Crippen LogP contribution is -2.36. The molecule has 0 aliphatic heterocycles. The van der Waals surface area contributed by atoms with Gasteiger partial charge in [-0.1, -0.05) is 24.3 Å². The molecule has 2 unspecified atom stereocenters. The Morgan fingerprint density at radius 1 is 1.38 bits per heavy atom. The van der Waals surface area contributed by atoms with Gasteiger partial charge >= 0.3 is 5.97 Å². The third kappa shape index (κ3) is 3.32. The fourth-order valence-electron chi connectivity index (χ4n) is 3.44. The number of nitrogens with one attached hydrogen (secondary N) is 1. The van der Waals surface area contributed by atoms with Gasteiger partial charge in [0, 0.05) is 19.7 Å². The largest absolute Gasteiger partial charge is 0.479 e. The molecule has 0 radical (unpaired) electrons. The number of hydrogen-bond donors (Lipinski definition) is 2. The fraction of sp³-hybridized carbons (Fsp3) is 0.389. The summed E-state index contributed by atoms with van der Waals surface area (Å²) in [6, 6.07) is 8.71. The summed E-state index contributed by atoms with van der Waals surface area (Å²) in [5, 5.41) is 16.0. The molecule has 0 bridgehead atoms. The maximum absolute atomic E-state index is 12.4. The number of carboxylic acids is 1. The molecule has 1 heterocycles. The zero-order chi connectivity index (χ0) is 17.1. The van der Waals surface area contributed by atoms with Crippen molar-refractivity contribution in [1.82, 2.24) is 15.1 Å². The van der Waals surface area contributed by atoms with E-state index in [1.807, 2.05) is 12.1 Å². The fourth-order valence-corrected chi connectivity index (χ4v) is 3.44. The van der Waals surface area contributed by atoms with E-state index in [1.54, 1.807) is 13.1 Å². The molecule has 1 amide bonds. The highest BCUT2D eigenvalue weighted by molar-refractivity contribution is 5.84. The van der Waals surface area contributed by atoms with Crippen molar-refractivity contribution in [3.8, 4) is 0 Å². The molecule has 2 atom stereocenters. The number of aryl methyl sites for hydroxylation is 2. The van der Waals surface area contributed by atoms with E-state index in [9.17, 15) is 14.7 Å². The summed E-state index contributed by atoms with van der Waals surface area (Å²) in [7, 11) is 1.66. The smallest absolute Gasteiger partial charge is 0.332 e. The number of benzene rings is 1. The van der Waals surface area contributed by atoms with Crippen LogP contribution in [0.15, 0.2) is 36.5 Å². The molecule has 6 heteroatoms. The first-order chi connectivity index (χ1) is 11.6. The highest BCUT2D eigenvalue weighted by Gasteiger charge is 2.27. The lowest BCUT2D eigenvalue weighted by atomic mass is 9.81. The predicted molar refractivity (Wildman–Crippen MR) is 88.5 cm³/mol. The van der Waals surface area contributed by atoms with E-state index in [1.165, 1.54) is 22.0 Å². The van der Waals surface area contributed by atoms with Crippen molar-refractivity contribution in [2.24, 2.45) is 7.05 Å². The summed E-state index contributed by atoms with van der Waals surface area (Å²) in [4.78, 5) is 24.0. The van der Waals surface area contributed by atoms with Gasteiger partial charge in [-0.05, 0) is 42.4 Å². The Bertz CT molecular complexity index is 753. The first-order valence-electron chi connectivity index (χ1n) is 8.14. The topological polar surface area (TPSA) is 84.2 Å². The summed E-state index contributed by atoms with van der Waals surface area (Å²) in [6.45, 7) is 0. The van der Waals surface area contributed by atoms with Gasteiger partial charge in [-0.2, -0.15) is 5.10 Å². The van der Waals surface area contributed by atoms with Gasteiger partial charge in [0.1, 0.15) is 0 Å². The van der Waals surface area contributed by atoms with E-state index in [4.69, 9.17) is 0 Å². The summed E-state index contributed by atoms with van der Waals surface area (Å²) in [5.41, 5.74) is 2.97. The van der Waals surface area contributed by atoms with Crippen molar-refractivity contribution in [2.45, 2.75) is 37.6 Å². The SMILES string of the molecule is Cn1nccc1C(NC(=O)CC1CCCc2ccccc21)C(=O)O. The molecule has 126 valence electrons. The van der Waals surface area contributed by atoms with Crippen LogP contribution in [0, 0.1) is 0 Å². The number of carbonyl (C=O) groups excluding carboxylic acids is 1. The molecular weight excluding hydrogens is 306 g/mol. The van der Waals surface area contributed by atoms with Crippen LogP contribution in [0.5, 0.6) is 0 Å². The molecule has 0 saturated carbocycles. The van der Waals surface area contributed by atoms with Crippen LogP contribution in [0.4, 0.5) is 0 Å². The number of carboxylic acid groups (broad SMARTS) is 1. The molecule has 1 aliphatic rings. The lowest BCUT2D eigenvalue weighted by Gasteiger charge is -2.25. The van der Waals surface area contributed by atoms with Crippen molar-refractivity contribution in [1.29, 1.82) is 0 Å². The van der Waals surface area contributed by atoms with E-state index in [2.05, 4.69) is 22.5 Å². The van der Waals surface area contributed by atoms with Crippen LogP contribution in [0.2, 0.25) is 0 Å². The van der Waals surface area contributed by atoms with Crippen molar-refractivity contribution in [3.05, 3.63) is 53.3 Å². The Labute approximate surface area is 140 Å². The Kier molecular flexibility index (Phi) is 4.64. The van der Waals surface area contributed by atoms with Crippen LogP contribution in [0.1, 0.15) is 48.0 Å². The average molecular weight is 327 g/mol. The minimum Gasteiger partial charge on any atom is -0.479 e. The molecular formula is C18H21N3O3. The van der Waals surface area contributed by atoms with Gasteiger partial charge in [0.15, 0.2) is 6.04 Å². The Morgan fingerprint density at radius 3 is 2.88 bits per heavy atom. The first kappa shape index (κ1) is 16.2. The molecule has 1 aromatic heterocycles. The average Bonchev–Trinajstić information content (AvgIpc) is 2.98. The molecule has 2 N–H and O–H groups in total. The zero-order valence-electron chi connectivity index (χ0n) is 13.6. The minimum atomic E-state index is -1.09. The number of fused-ring (bicyclic) bond motifs is 1. The van der Waals surface area contributed by atoms with E-state index in [-0.39, 0.29) is 11.8 Å². The zero-order valence-corrected chi connectivity index (χ0v) is 13.6. The third-order valence-electron chi connectivity index (χ3n) is 4.63. The number of aromatic nitrogens is 2. The Balaban J connectivity index is 1.71. The number of amides is 1. The highest BCUT2D eigenvalue weighted by atomic mass is 16.4. The van der Waals surface area contributed by atoms with E-state index in [0.717, 1.165) is 19.3 Å². The number of rotatable bonds is 5. The molecule has 6 nitrogen and oxygen atoms in total. The van der Waals surface area contributed by atoms with E-state index < -0.39 is 12.0 Å². The van der Waals surface area contributed by atoms with Gasteiger partial charge in [0.25, 0.3) is 0 Å². The van der Waals surface area contributed by atoms with Gasteiger partial charge in [-0.15, -0.1) is 0 Å². The number of aliphatic carboxylic acids is 1. The van der Waals surface area contributed by atoms with E-state index in [0.29, 0.717) is 12.1 Å². The van der Waals surface area contributed by atoms with E-state index >= 15 is 0 Å². The van der Waals surface area contributed by atoms with Crippen LogP contribution in [0.3, 0.4) is 0 Å². The summed E-state index contributed by atoms with van der Waals surface area (Å²) in [5.74, 6) is -1.18. The van der Waals surface area contributed by atoms with Crippen molar-refractivity contribution >= 4 is 11.9 Å². The number of carbonyl (C=O) groups is 2. The molecule has 0 saturated heterocycles. The first-order valence-corrected chi connectivity index (χ1v) is 8.14. The predicted octanol–water partition coefficient (Wildman–Crippen LogP) is 2.17. The molecule has 2 aromatic rings. The summed E-state index contributed by atoms with van der Waals surface area (Å²) >= 11 is 0. The normalized spacial score (nSPS) is 17.8. The van der Waals surface area contributed by atoms with Gasteiger partial charge in [-0.25, -0.2) is 4.79 Å². The second-order valence-electron chi connectivity index (χ2n) is 6.21. The van der Waals surface area contributed by atoms with Crippen LogP contribution in [-0.2, 0) is 23.1 Å². The summed E-state index contributed by atoms with van der Waals surface area (Å²) in [6.07, 6.45) is 4.88.